The Morgan fingerprint density at radius 3 is 2.91 bits per heavy atom. The van der Waals surface area contributed by atoms with Crippen molar-refractivity contribution in [2.75, 3.05) is 5.32 Å². The topological polar surface area (TPSA) is 62.2 Å². The fraction of sp³-hybridized carbons (Fsp3) is 0.263. The third-order valence-electron chi connectivity index (χ3n) is 4.96. The van der Waals surface area contributed by atoms with E-state index in [2.05, 4.69) is 22.5 Å². The number of carbonyl (C=O) groups is 1. The zero-order valence-electron chi connectivity index (χ0n) is 12.9. The summed E-state index contributed by atoms with van der Waals surface area (Å²) < 4.78 is 0. The number of nitrogens with one attached hydrogen (secondary N) is 1. The molecule has 2 aromatic rings. The molecule has 0 unspecified atom stereocenters. The first-order valence-corrected chi connectivity index (χ1v) is 7.87. The summed E-state index contributed by atoms with van der Waals surface area (Å²) in [6.07, 6.45) is 7.07. The molecule has 1 aromatic heterocycles. The van der Waals surface area contributed by atoms with Crippen molar-refractivity contribution in [3.63, 3.8) is 0 Å². The lowest BCUT2D eigenvalue weighted by Crippen LogP contribution is -2.31. The van der Waals surface area contributed by atoms with Gasteiger partial charge in [0.2, 0.25) is 0 Å². The minimum Gasteiger partial charge on any atom is -0.478 e. The van der Waals surface area contributed by atoms with E-state index in [9.17, 15) is 9.90 Å². The van der Waals surface area contributed by atoms with Crippen LogP contribution in [0.25, 0.3) is 0 Å². The number of pyridine rings is 1. The molecule has 0 saturated heterocycles. The smallest absolute Gasteiger partial charge is 0.336 e. The van der Waals surface area contributed by atoms with Crippen molar-refractivity contribution in [2.45, 2.75) is 25.3 Å². The Bertz CT molecular complexity index is 799. The Labute approximate surface area is 134 Å². The van der Waals surface area contributed by atoms with Crippen LogP contribution in [0.1, 0.15) is 45.6 Å². The van der Waals surface area contributed by atoms with Crippen molar-refractivity contribution in [3.8, 4) is 0 Å². The van der Waals surface area contributed by atoms with Gasteiger partial charge >= 0.3 is 5.97 Å². The van der Waals surface area contributed by atoms with Crippen molar-refractivity contribution >= 4 is 11.7 Å². The van der Waals surface area contributed by atoms with Crippen LogP contribution in [0.3, 0.4) is 0 Å². The number of rotatable bonds is 2. The van der Waals surface area contributed by atoms with Gasteiger partial charge < -0.3 is 10.4 Å². The number of anilines is 1. The van der Waals surface area contributed by atoms with Crippen LogP contribution in [0.4, 0.5) is 5.69 Å². The van der Waals surface area contributed by atoms with Gasteiger partial charge in [0.25, 0.3) is 0 Å². The highest BCUT2D eigenvalue weighted by molar-refractivity contribution is 5.93. The van der Waals surface area contributed by atoms with Crippen LogP contribution in [-0.4, -0.2) is 16.1 Å². The summed E-state index contributed by atoms with van der Waals surface area (Å²) in [6.45, 7) is 2.02. The van der Waals surface area contributed by atoms with Crippen molar-refractivity contribution in [1.82, 2.24) is 4.98 Å². The molecule has 23 heavy (non-hydrogen) atoms. The second kappa shape index (κ2) is 5.23. The van der Waals surface area contributed by atoms with Gasteiger partial charge in [-0.3, -0.25) is 4.98 Å². The number of benzene rings is 1. The fourth-order valence-electron chi connectivity index (χ4n) is 3.89. The molecule has 2 aliphatic rings. The van der Waals surface area contributed by atoms with E-state index < -0.39 is 5.97 Å². The number of aryl methyl sites for hydroxylation is 1. The molecule has 1 aromatic carbocycles. The number of fused-ring (bicyclic) bond motifs is 3. The van der Waals surface area contributed by atoms with Crippen LogP contribution < -0.4 is 5.32 Å². The van der Waals surface area contributed by atoms with E-state index in [4.69, 9.17) is 0 Å². The molecule has 0 fully saturated rings. The van der Waals surface area contributed by atoms with Gasteiger partial charge in [0.1, 0.15) is 0 Å². The molecule has 0 amide bonds. The van der Waals surface area contributed by atoms with Gasteiger partial charge in [0.15, 0.2) is 0 Å². The summed E-state index contributed by atoms with van der Waals surface area (Å²) in [5.74, 6) is -0.431. The highest BCUT2D eigenvalue weighted by atomic mass is 16.4. The van der Waals surface area contributed by atoms with E-state index in [1.54, 1.807) is 6.07 Å². The molecule has 4 heteroatoms. The van der Waals surface area contributed by atoms with E-state index >= 15 is 0 Å². The first kappa shape index (κ1) is 14.0. The van der Waals surface area contributed by atoms with Crippen molar-refractivity contribution in [3.05, 3.63) is 71.1 Å². The lowest BCUT2D eigenvalue weighted by Gasteiger charge is -2.38. The largest absolute Gasteiger partial charge is 0.478 e. The summed E-state index contributed by atoms with van der Waals surface area (Å²) in [7, 11) is 0. The first-order chi connectivity index (χ1) is 11.2. The van der Waals surface area contributed by atoms with Crippen molar-refractivity contribution in [1.29, 1.82) is 0 Å². The standard InChI is InChI=1S/C19H18N2O2/c1-11-8-9-14(19(22)23)16-12-5-4-6-13(12)18(21-17(11)16)15-7-2-3-10-20-15/h2-5,7-10,12-13,18,21H,6H2,1H3,(H,22,23)/t12-,13+,18+/m1/s1. The Kier molecular flexibility index (Phi) is 3.18. The van der Waals surface area contributed by atoms with Gasteiger partial charge in [-0.1, -0.05) is 24.3 Å². The van der Waals surface area contributed by atoms with Crippen LogP contribution in [0, 0.1) is 12.8 Å². The predicted octanol–water partition coefficient (Wildman–Crippen LogP) is 3.91. The number of hydrogen-bond donors (Lipinski definition) is 2. The summed E-state index contributed by atoms with van der Waals surface area (Å²) in [5, 5.41) is 13.2. The van der Waals surface area contributed by atoms with E-state index in [1.807, 2.05) is 37.4 Å². The minimum absolute atomic E-state index is 0.103. The molecule has 1 aliphatic carbocycles. The SMILES string of the molecule is Cc1ccc(C(=O)O)c2c1N[C@H](c1ccccn1)[C@H]1CC=C[C@@H]21. The third-order valence-corrected chi connectivity index (χ3v) is 4.96. The quantitative estimate of drug-likeness (QED) is 0.826. The normalized spacial score (nSPS) is 24.7. The van der Waals surface area contributed by atoms with Gasteiger partial charge in [-0.15, -0.1) is 0 Å². The molecule has 3 atom stereocenters. The molecule has 0 spiro atoms. The fourth-order valence-corrected chi connectivity index (χ4v) is 3.89. The van der Waals surface area contributed by atoms with Crippen LogP contribution >= 0.6 is 0 Å². The zero-order chi connectivity index (χ0) is 16.0. The molecular weight excluding hydrogens is 288 g/mol. The number of allylic oxidation sites excluding steroid dienone is 2. The Morgan fingerprint density at radius 2 is 2.17 bits per heavy atom. The first-order valence-electron chi connectivity index (χ1n) is 7.87. The molecule has 0 radical (unpaired) electrons. The van der Waals surface area contributed by atoms with Crippen molar-refractivity contribution in [2.24, 2.45) is 5.92 Å². The lowest BCUT2D eigenvalue weighted by atomic mass is 9.75. The average molecular weight is 306 g/mol. The number of hydrogen-bond acceptors (Lipinski definition) is 3. The highest BCUT2D eigenvalue weighted by Gasteiger charge is 2.40. The molecule has 0 saturated carbocycles. The Hall–Kier alpha value is -2.62. The summed E-state index contributed by atoms with van der Waals surface area (Å²) in [4.78, 5) is 16.2. The molecule has 0 bridgehead atoms. The molecule has 1 aliphatic heterocycles. The summed E-state index contributed by atoms with van der Waals surface area (Å²) in [6, 6.07) is 9.66. The zero-order valence-corrected chi connectivity index (χ0v) is 12.9. The molecule has 2 N–H and O–H groups in total. The van der Waals surface area contributed by atoms with Gasteiger partial charge in [0.05, 0.1) is 17.3 Å². The number of carboxylic acids is 1. The van der Waals surface area contributed by atoms with E-state index in [1.165, 1.54) is 0 Å². The monoisotopic (exact) mass is 306 g/mol. The molecule has 116 valence electrons. The maximum absolute atomic E-state index is 11.7. The van der Waals surface area contributed by atoms with Crippen LogP contribution in [-0.2, 0) is 0 Å². The van der Waals surface area contributed by atoms with Crippen LogP contribution in [0.5, 0.6) is 0 Å². The Balaban J connectivity index is 1.89. The third kappa shape index (κ3) is 2.13. The second-order valence-corrected chi connectivity index (χ2v) is 6.25. The molecule has 4 rings (SSSR count). The van der Waals surface area contributed by atoms with E-state index in [-0.39, 0.29) is 12.0 Å². The molecular formula is C19H18N2O2. The minimum atomic E-state index is -0.863. The maximum Gasteiger partial charge on any atom is 0.336 e. The van der Waals surface area contributed by atoms with Gasteiger partial charge in [0, 0.05) is 17.8 Å². The van der Waals surface area contributed by atoms with Crippen LogP contribution in [0.15, 0.2) is 48.7 Å². The van der Waals surface area contributed by atoms with Gasteiger partial charge in [-0.25, -0.2) is 4.79 Å². The van der Waals surface area contributed by atoms with Gasteiger partial charge in [-0.2, -0.15) is 0 Å². The molecule has 2 heterocycles. The Morgan fingerprint density at radius 1 is 1.30 bits per heavy atom. The molecule has 4 nitrogen and oxygen atoms in total. The maximum atomic E-state index is 11.7. The summed E-state index contributed by atoms with van der Waals surface area (Å²) in [5.41, 5.74) is 4.36. The number of carboxylic acid groups (broad SMARTS) is 1. The predicted molar refractivity (Wildman–Crippen MR) is 88.7 cm³/mol. The van der Waals surface area contributed by atoms with Crippen molar-refractivity contribution < 1.29 is 9.90 Å². The summed E-state index contributed by atoms with van der Waals surface area (Å²) >= 11 is 0. The second-order valence-electron chi connectivity index (χ2n) is 6.25. The number of aromatic carboxylic acids is 1. The van der Waals surface area contributed by atoms with E-state index in [0.717, 1.165) is 28.9 Å². The highest BCUT2D eigenvalue weighted by Crippen LogP contribution is 2.51. The number of aromatic nitrogens is 1. The lowest BCUT2D eigenvalue weighted by molar-refractivity contribution is 0.0695. The average Bonchev–Trinajstić information content (AvgIpc) is 3.05. The van der Waals surface area contributed by atoms with Crippen LogP contribution in [0.2, 0.25) is 0 Å². The number of nitrogens with zero attached hydrogens (tertiary/aromatic N) is 1. The van der Waals surface area contributed by atoms with E-state index in [0.29, 0.717) is 11.5 Å². The van der Waals surface area contributed by atoms with Gasteiger partial charge in [-0.05, 0) is 48.6 Å².